The number of carbonyl (C=O) groups is 2. The van der Waals surface area contributed by atoms with Crippen molar-refractivity contribution in [2.24, 2.45) is 5.92 Å². The van der Waals surface area contributed by atoms with Crippen molar-refractivity contribution >= 4 is 29.9 Å². The summed E-state index contributed by atoms with van der Waals surface area (Å²) >= 11 is 0. The van der Waals surface area contributed by atoms with Crippen LogP contribution in [0.3, 0.4) is 0 Å². The largest absolute Gasteiger partial charge is 0.337 e. The molecule has 2 saturated heterocycles. The molecule has 0 spiro atoms. The standard InChI is InChI=1S/C16H20FN3O2.ClH/c1-11-10-18-7-9-19(11)15(21)14-6-8-20(16(14)22)13-4-2-12(17)3-5-13;/h2-5,11,14,18H,6-10H2,1H3;1H/t11-,14?;/m1./s1. The van der Waals surface area contributed by atoms with Crippen molar-refractivity contribution in [1.82, 2.24) is 10.2 Å². The lowest BCUT2D eigenvalue weighted by molar-refractivity contribution is -0.142. The van der Waals surface area contributed by atoms with E-state index in [1.54, 1.807) is 21.9 Å². The number of nitrogens with one attached hydrogen (secondary N) is 1. The summed E-state index contributed by atoms with van der Waals surface area (Å²) in [5.41, 5.74) is 0.648. The Labute approximate surface area is 141 Å². The van der Waals surface area contributed by atoms with Crippen LogP contribution >= 0.6 is 12.4 Å². The summed E-state index contributed by atoms with van der Waals surface area (Å²) in [6.07, 6.45) is 0.520. The number of piperazine rings is 1. The van der Waals surface area contributed by atoms with Crippen molar-refractivity contribution in [1.29, 1.82) is 0 Å². The summed E-state index contributed by atoms with van der Waals surface area (Å²) in [5.74, 6) is -1.20. The molecule has 0 saturated carbocycles. The molecule has 23 heavy (non-hydrogen) atoms. The quantitative estimate of drug-likeness (QED) is 0.828. The van der Waals surface area contributed by atoms with Gasteiger partial charge in [-0.3, -0.25) is 9.59 Å². The first-order valence-corrected chi connectivity index (χ1v) is 7.66. The van der Waals surface area contributed by atoms with Crippen LogP contribution in [0.15, 0.2) is 24.3 Å². The number of nitrogens with zero attached hydrogens (tertiary/aromatic N) is 2. The molecule has 1 aromatic rings. The van der Waals surface area contributed by atoms with Gasteiger partial charge in [-0.15, -0.1) is 12.4 Å². The third-order valence-corrected chi connectivity index (χ3v) is 4.43. The van der Waals surface area contributed by atoms with E-state index < -0.39 is 5.92 Å². The Kier molecular flexibility index (Phi) is 5.59. The van der Waals surface area contributed by atoms with E-state index in [0.29, 0.717) is 25.2 Å². The Morgan fingerprint density at radius 1 is 1.26 bits per heavy atom. The van der Waals surface area contributed by atoms with Crippen LogP contribution in [0, 0.1) is 11.7 Å². The molecule has 2 fully saturated rings. The van der Waals surface area contributed by atoms with Gasteiger partial charge in [-0.1, -0.05) is 0 Å². The van der Waals surface area contributed by atoms with Gasteiger partial charge in [-0.25, -0.2) is 4.39 Å². The van der Waals surface area contributed by atoms with E-state index in [1.807, 2.05) is 6.92 Å². The van der Waals surface area contributed by atoms with Crippen molar-refractivity contribution in [3.05, 3.63) is 30.1 Å². The molecule has 2 atom stereocenters. The average Bonchev–Trinajstić information content (AvgIpc) is 2.90. The Hall–Kier alpha value is -1.66. The lowest BCUT2D eigenvalue weighted by atomic mass is 10.0. The van der Waals surface area contributed by atoms with Crippen molar-refractivity contribution in [3.63, 3.8) is 0 Å². The average molecular weight is 342 g/mol. The monoisotopic (exact) mass is 341 g/mol. The highest BCUT2D eigenvalue weighted by atomic mass is 35.5. The number of hydrogen-bond acceptors (Lipinski definition) is 3. The maximum Gasteiger partial charge on any atom is 0.239 e. The molecule has 2 aliphatic heterocycles. The zero-order chi connectivity index (χ0) is 15.7. The highest BCUT2D eigenvalue weighted by Gasteiger charge is 2.41. The van der Waals surface area contributed by atoms with Gasteiger partial charge >= 0.3 is 0 Å². The topological polar surface area (TPSA) is 52.7 Å². The maximum atomic E-state index is 13.0. The second kappa shape index (κ2) is 7.27. The Bertz CT molecular complexity index is 581. The number of benzene rings is 1. The van der Waals surface area contributed by atoms with Crippen molar-refractivity contribution in [3.8, 4) is 0 Å². The minimum absolute atomic E-state index is 0. The number of amides is 2. The number of carbonyl (C=O) groups excluding carboxylic acids is 2. The van der Waals surface area contributed by atoms with Crippen LogP contribution in [-0.2, 0) is 9.59 Å². The minimum Gasteiger partial charge on any atom is -0.337 e. The van der Waals surface area contributed by atoms with E-state index >= 15 is 0 Å². The number of anilines is 1. The molecule has 1 N–H and O–H groups in total. The summed E-state index contributed by atoms with van der Waals surface area (Å²) in [4.78, 5) is 28.6. The van der Waals surface area contributed by atoms with Crippen LogP contribution in [0.1, 0.15) is 13.3 Å². The van der Waals surface area contributed by atoms with E-state index in [9.17, 15) is 14.0 Å². The van der Waals surface area contributed by atoms with Gasteiger partial charge in [0.05, 0.1) is 0 Å². The first kappa shape index (κ1) is 17.7. The molecule has 0 radical (unpaired) electrons. The normalized spacial score (nSPS) is 24.5. The van der Waals surface area contributed by atoms with Crippen molar-refractivity contribution in [2.75, 3.05) is 31.1 Å². The molecule has 1 unspecified atom stereocenters. The first-order valence-electron chi connectivity index (χ1n) is 7.66. The predicted molar refractivity (Wildman–Crippen MR) is 88.2 cm³/mol. The molecule has 0 aromatic heterocycles. The molecular weight excluding hydrogens is 321 g/mol. The van der Waals surface area contributed by atoms with Crippen molar-refractivity contribution < 1.29 is 14.0 Å². The number of hydrogen-bond donors (Lipinski definition) is 1. The van der Waals surface area contributed by atoms with Crippen LogP contribution in [0.4, 0.5) is 10.1 Å². The zero-order valence-electron chi connectivity index (χ0n) is 13.0. The summed E-state index contributed by atoms with van der Waals surface area (Å²) < 4.78 is 13.0. The van der Waals surface area contributed by atoms with Gasteiger partial charge in [-0.2, -0.15) is 0 Å². The first-order chi connectivity index (χ1) is 10.6. The minimum atomic E-state index is -0.606. The Morgan fingerprint density at radius 2 is 1.96 bits per heavy atom. The smallest absolute Gasteiger partial charge is 0.239 e. The molecule has 2 aliphatic rings. The summed E-state index contributed by atoms with van der Waals surface area (Å²) in [7, 11) is 0. The highest BCUT2D eigenvalue weighted by Crippen LogP contribution is 2.27. The van der Waals surface area contributed by atoms with Gasteiger partial charge in [0.2, 0.25) is 11.8 Å². The van der Waals surface area contributed by atoms with Crippen LogP contribution in [0.25, 0.3) is 0 Å². The third kappa shape index (κ3) is 3.48. The number of halogens is 2. The van der Waals surface area contributed by atoms with Crippen LogP contribution < -0.4 is 10.2 Å². The summed E-state index contributed by atoms with van der Waals surface area (Å²) in [6, 6.07) is 5.92. The number of rotatable bonds is 2. The fourth-order valence-electron chi connectivity index (χ4n) is 3.16. The lowest BCUT2D eigenvalue weighted by Crippen LogP contribution is -2.54. The lowest BCUT2D eigenvalue weighted by Gasteiger charge is -2.35. The van der Waals surface area contributed by atoms with Crippen molar-refractivity contribution in [2.45, 2.75) is 19.4 Å². The van der Waals surface area contributed by atoms with Gasteiger partial charge in [0, 0.05) is 37.9 Å². The second-order valence-electron chi connectivity index (χ2n) is 5.89. The predicted octanol–water partition coefficient (Wildman–Crippen LogP) is 1.42. The fourth-order valence-corrected chi connectivity index (χ4v) is 3.16. The van der Waals surface area contributed by atoms with E-state index in [-0.39, 0.29) is 36.1 Å². The SMILES string of the molecule is C[C@@H]1CNCCN1C(=O)C1CCN(c2ccc(F)cc2)C1=O.Cl. The van der Waals surface area contributed by atoms with Gasteiger partial charge < -0.3 is 15.1 Å². The molecule has 126 valence electrons. The van der Waals surface area contributed by atoms with Crippen LogP contribution in [0.5, 0.6) is 0 Å². The third-order valence-electron chi connectivity index (χ3n) is 4.43. The van der Waals surface area contributed by atoms with Gasteiger partial charge in [0.15, 0.2) is 0 Å². The fraction of sp³-hybridized carbons (Fsp3) is 0.500. The van der Waals surface area contributed by atoms with E-state index in [0.717, 1.165) is 13.1 Å². The van der Waals surface area contributed by atoms with Gasteiger partial charge in [0.25, 0.3) is 0 Å². The summed E-state index contributed by atoms with van der Waals surface area (Å²) in [6.45, 7) is 4.65. The second-order valence-corrected chi connectivity index (χ2v) is 5.89. The molecule has 0 aliphatic carbocycles. The molecular formula is C16H21ClFN3O2. The highest BCUT2D eigenvalue weighted by molar-refractivity contribution is 6.09. The van der Waals surface area contributed by atoms with Crippen LogP contribution in [-0.4, -0.2) is 48.9 Å². The summed E-state index contributed by atoms with van der Waals surface area (Å²) in [5, 5.41) is 3.24. The molecule has 0 bridgehead atoms. The molecule has 2 amide bonds. The van der Waals surface area contributed by atoms with E-state index in [4.69, 9.17) is 0 Å². The maximum absolute atomic E-state index is 13.0. The molecule has 3 rings (SSSR count). The molecule has 7 heteroatoms. The van der Waals surface area contributed by atoms with Crippen LogP contribution in [0.2, 0.25) is 0 Å². The molecule has 5 nitrogen and oxygen atoms in total. The van der Waals surface area contributed by atoms with E-state index in [2.05, 4.69) is 5.32 Å². The molecule has 2 heterocycles. The van der Waals surface area contributed by atoms with Gasteiger partial charge in [0.1, 0.15) is 11.7 Å². The zero-order valence-corrected chi connectivity index (χ0v) is 13.8. The Balaban J connectivity index is 0.00000192. The van der Waals surface area contributed by atoms with E-state index in [1.165, 1.54) is 12.1 Å². The molecule has 1 aromatic carbocycles. The van der Waals surface area contributed by atoms with Gasteiger partial charge in [-0.05, 0) is 37.6 Å². The Morgan fingerprint density at radius 3 is 2.61 bits per heavy atom.